The van der Waals surface area contributed by atoms with E-state index in [1.165, 1.54) is 19.1 Å². The lowest BCUT2D eigenvalue weighted by Gasteiger charge is -2.13. The highest BCUT2D eigenvalue weighted by atomic mass is 79.9. The van der Waals surface area contributed by atoms with E-state index in [2.05, 4.69) is 20.7 Å². The van der Waals surface area contributed by atoms with E-state index in [1.54, 1.807) is 6.92 Å². The molecular formula is C10H8BrF3O2. The van der Waals surface area contributed by atoms with E-state index in [0.717, 1.165) is 0 Å². The van der Waals surface area contributed by atoms with E-state index in [-0.39, 0.29) is 15.8 Å². The number of benzene rings is 1. The molecule has 1 rings (SSSR count). The summed E-state index contributed by atoms with van der Waals surface area (Å²) >= 11 is 2.92. The number of hydrogen-bond acceptors (Lipinski definition) is 2. The quantitative estimate of drug-likeness (QED) is 0.775. The Morgan fingerprint density at radius 1 is 1.38 bits per heavy atom. The van der Waals surface area contributed by atoms with Gasteiger partial charge in [-0.15, -0.1) is 13.2 Å². The number of halogens is 4. The van der Waals surface area contributed by atoms with Crippen LogP contribution in [0.25, 0.3) is 0 Å². The van der Waals surface area contributed by atoms with Gasteiger partial charge in [0.25, 0.3) is 0 Å². The third-order valence-corrected chi connectivity index (χ3v) is 2.61. The summed E-state index contributed by atoms with van der Waals surface area (Å²) in [6.45, 7) is 2.86. The van der Waals surface area contributed by atoms with Crippen LogP contribution in [0.1, 0.15) is 22.8 Å². The van der Waals surface area contributed by atoms with Gasteiger partial charge in [-0.25, -0.2) is 0 Å². The van der Waals surface area contributed by atoms with Gasteiger partial charge in [0.2, 0.25) is 0 Å². The first-order chi connectivity index (χ1) is 7.20. The Morgan fingerprint density at radius 3 is 2.38 bits per heavy atom. The summed E-state index contributed by atoms with van der Waals surface area (Å²) in [5.74, 6) is -0.736. The van der Waals surface area contributed by atoms with Gasteiger partial charge in [-0.2, -0.15) is 0 Å². The molecule has 0 amide bonds. The first-order valence-electron chi connectivity index (χ1n) is 4.27. The molecule has 0 bridgehead atoms. The minimum absolute atomic E-state index is 0.0166. The van der Waals surface area contributed by atoms with Gasteiger partial charge in [-0.1, -0.05) is 0 Å². The highest BCUT2D eigenvalue weighted by Gasteiger charge is 2.32. The molecular weight excluding hydrogens is 289 g/mol. The molecule has 0 aliphatic rings. The number of ether oxygens (including phenoxy) is 1. The second-order valence-electron chi connectivity index (χ2n) is 3.23. The summed E-state index contributed by atoms with van der Waals surface area (Å²) in [5.41, 5.74) is 0.687. The van der Waals surface area contributed by atoms with Crippen LogP contribution in [0.2, 0.25) is 0 Å². The van der Waals surface area contributed by atoms with Crippen LogP contribution in [0.15, 0.2) is 16.6 Å². The Hall–Kier alpha value is -1.04. The molecule has 6 heteroatoms. The van der Waals surface area contributed by atoms with E-state index in [9.17, 15) is 18.0 Å². The highest BCUT2D eigenvalue weighted by molar-refractivity contribution is 9.10. The molecule has 88 valence electrons. The zero-order valence-electron chi connectivity index (χ0n) is 8.48. The van der Waals surface area contributed by atoms with Crippen molar-refractivity contribution in [1.82, 2.24) is 0 Å². The molecule has 0 N–H and O–H groups in total. The van der Waals surface area contributed by atoms with Gasteiger partial charge < -0.3 is 4.74 Å². The normalized spacial score (nSPS) is 11.4. The molecule has 0 aliphatic carbocycles. The SMILES string of the molecule is CC(=O)c1cc(C)cc(OC(F)(F)F)c1Br. The van der Waals surface area contributed by atoms with Crippen LogP contribution in [0, 0.1) is 6.92 Å². The first-order valence-corrected chi connectivity index (χ1v) is 5.07. The van der Waals surface area contributed by atoms with Crippen molar-refractivity contribution in [3.63, 3.8) is 0 Å². The molecule has 0 radical (unpaired) electrons. The van der Waals surface area contributed by atoms with Crippen LogP contribution in [0.4, 0.5) is 13.2 Å². The highest BCUT2D eigenvalue weighted by Crippen LogP contribution is 2.34. The molecule has 0 fully saturated rings. The lowest BCUT2D eigenvalue weighted by atomic mass is 10.1. The maximum atomic E-state index is 12.1. The van der Waals surface area contributed by atoms with Crippen LogP contribution in [0.3, 0.4) is 0 Å². The van der Waals surface area contributed by atoms with Crippen molar-refractivity contribution in [3.05, 3.63) is 27.7 Å². The van der Waals surface area contributed by atoms with Crippen LogP contribution in [-0.2, 0) is 0 Å². The van der Waals surface area contributed by atoms with Crippen LogP contribution in [-0.4, -0.2) is 12.1 Å². The standard InChI is InChI=1S/C10H8BrF3O2/c1-5-3-7(6(2)15)9(11)8(4-5)16-10(12,13)14/h3-4H,1-2H3. The Kier molecular flexibility index (Phi) is 3.62. The van der Waals surface area contributed by atoms with Crippen LogP contribution in [0.5, 0.6) is 5.75 Å². The maximum Gasteiger partial charge on any atom is 0.573 e. The zero-order chi connectivity index (χ0) is 12.5. The average molecular weight is 297 g/mol. The van der Waals surface area contributed by atoms with E-state index < -0.39 is 12.1 Å². The van der Waals surface area contributed by atoms with E-state index in [1.807, 2.05) is 0 Å². The number of carbonyl (C=O) groups is 1. The first kappa shape index (κ1) is 13.0. The van der Waals surface area contributed by atoms with Gasteiger partial charge in [-0.3, -0.25) is 4.79 Å². The summed E-state index contributed by atoms with van der Waals surface area (Å²) in [4.78, 5) is 11.2. The predicted octanol–water partition coefficient (Wildman–Crippen LogP) is 3.86. The average Bonchev–Trinajstić information content (AvgIpc) is 2.07. The topological polar surface area (TPSA) is 26.3 Å². The number of carbonyl (C=O) groups excluding carboxylic acids is 1. The summed E-state index contributed by atoms with van der Waals surface area (Å²) in [6.07, 6.45) is -4.77. The maximum absolute atomic E-state index is 12.1. The van der Waals surface area contributed by atoms with E-state index in [0.29, 0.717) is 5.56 Å². The van der Waals surface area contributed by atoms with Crippen LogP contribution >= 0.6 is 15.9 Å². The monoisotopic (exact) mass is 296 g/mol. The molecule has 0 atom stereocenters. The van der Waals surface area contributed by atoms with Crippen molar-refractivity contribution < 1.29 is 22.7 Å². The van der Waals surface area contributed by atoms with Gasteiger partial charge in [0.05, 0.1) is 4.47 Å². The molecule has 0 heterocycles. The molecule has 0 saturated carbocycles. The summed E-state index contributed by atoms with van der Waals surface area (Å²) < 4.78 is 40.0. The number of aryl methyl sites for hydroxylation is 1. The molecule has 16 heavy (non-hydrogen) atoms. The van der Waals surface area contributed by atoms with Crippen molar-refractivity contribution in [2.75, 3.05) is 0 Å². The minimum atomic E-state index is -4.77. The van der Waals surface area contributed by atoms with Crippen molar-refractivity contribution in [2.24, 2.45) is 0 Å². The fraction of sp³-hybridized carbons (Fsp3) is 0.300. The smallest absolute Gasteiger partial charge is 0.405 e. The van der Waals surface area contributed by atoms with Gasteiger partial charge in [0.15, 0.2) is 5.78 Å². The second-order valence-corrected chi connectivity index (χ2v) is 4.02. The molecule has 1 aromatic carbocycles. The summed E-state index contributed by atoms with van der Waals surface area (Å²) in [7, 11) is 0. The fourth-order valence-electron chi connectivity index (χ4n) is 1.19. The van der Waals surface area contributed by atoms with Crippen molar-refractivity contribution in [3.8, 4) is 5.75 Å². The third kappa shape index (κ3) is 3.23. The largest absolute Gasteiger partial charge is 0.573 e. The number of alkyl halides is 3. The molecule has 0 spiro atoms. The minimum Gasteiger partial charge on any atom is -0.405 e. The molecule has 0 saturated heterocycles. The Balaban J connectivity index is 3.25. The van der Waals surface area contributed by atoms with Crippen LogP contribution < -0.4 is 4.74 Å². The van der Waals surface area contributed by atoms with Crippen molar-refractivity contribution in [2.45, 2.75) is 20.2 Å². The Labute approximate surface area is 98.5 Å². The number of ketones is 1. The van der Waals surface area contributed by atoms with Crippen molar-refractivity contribution in [1.29, 1.82) is 0 Å². The van der Waals surface area contributed by atoms with Gasteiger partial charge >= 0.3 is 6.36 Å². The molecule has 2 nitrogen and oxygen atoms in total. The van der Waals surface area contributed by atoms with Gasteiger partial charge in [0, 0.05) is 5.56 Å². The molecule has 0 aromatic heterocycles. The predicted molar refractivity (Wildman–Crippen MR) is 55.6 cm³/mol. The molecule has 0 unspecified atom stereocenters. The van der Waals surface area contributed by atoms with Gasteiger partial charge in [0.1, 0.15) is 5.75 Å². The number of Topliss-reactive ketones (excluding diaryl/α,β-unsaturated/α-hetero) is 1. The van der Waals surface area contributed by atoms with E-state index >= 15 is 0 Å². The Bertz CT molecular complexity index is 427. The summed E-state index contributed by atoms with van der Waals surface area (Å²) in [6, 6.07) is 2.71. The number of hydrogen-bond donors (Lipinski definition) is 0. The Morgan fingerprint density at radius 2 is 1.94 bits per heavy atom. The lowest BCUT2D eigenvalue weighted by molar-refractivity contribution is -0.274. The molecule has 0 aliphatic heterocycles. The zero-order valence-corrected chi connectivity index (χ0v) is 10.1. The second kappa shape index (κ2) is 4.45. The third-order valence-electron chi connectivity index (χ3n) is 1.79. The van der Waals surface area contributed by atoms with Crippen molar-refractivity contribution >= 4 is 21.7 Å². The number of rotatable bonds is 2. The van der Waals surface area contributed by atoms with E-state index in [4.69, 9.17) is 0 Å². The van der Waals surface area contributed by atoms with Gasteiger partial charge in [-0.05, 0) is 47.5 Å². The summed E-state index contributed by atoms with van der Waals surface area (Å²) in [5, 5.41) is 0. The lowest BCUT2D eigenvalue weighted by Crippen LogP contribution is -2.18. The molecule has 1 aromatic rings. The fourth-order valence-corrected chi connectivity index (χ4v) is 1.78.